The number of aromatic nitrogens is 1. The van der Waals surface area contributed by atoms with E-state index in [2.05, 4.69) is 11.1 Å². The Hall–Kier alpha value is -1.88. The molecule has 1 aromatic carbocycles. The Morgan fingerprint density at radius 2 is 2.00 bits per heavy atom. The molecule has 0 atom stereocenters. The van der Waals surface area contributed by atoms with Crippen molar-refractivity contribution in [2.45, 2.75) is 26.7 Å². The highest BCUT2D eigenvalue weighted by molar-refractivity contribution is 7.09. The van der Waals surface area contributed by atoms with Crippen LogP contribution in [0, 0.1) is 13.8 Å². The summed E-state index contributed by atoms with van der Waals surface area (Å²) in [5, 5.41) is 11.4. The van der Waals surface area contributed by atoms with E-state index in [-0.39, 0.29) is 6.42 Å². The summed E-state index contributed by atoms with van der Waals surface area (Å²) >= 11 is 1.48. The molecule has 1 heterocycles. The van der Waals surface area contributed by atoms with Crippen LogP contribution in [0.2, 0.25) is 0 Å². The molecule has 0 saturated carbocycles. The van der Waals surface area contributed by atoms with Gasteiger partial charge in [0.25, 0.3) is 0 Å². The van der Waals surface area contributed by atoms with Crippen LogP contribution in [-0.4, -0.2) is 22.7 Å². The number of hydrogen-bond acceptors (Lipinski definition) is 4. The number of ether oxygens (including phenoxy) is 1. The fraction of sp³-hybridized carbons (Fsp3) is 0.333. The van der Waals surface area contributed by atoms with Gasteiger partial charge in [-0.25, -0.2) is 4.98 Å². The average Bonchev–Trinajstić information content (AvgIpc) is 2.74. The Balaban J connectivity index is 1.86. The van der Waals surface area contributed by atoms with Crippen molar-refractivity contribution < 1.29 is 14.6 Å². The molecule has 4 nitrogen and oxygen atoms in total. The lowest BCUT2D eigenvalue weighted by Gasteiger charge is -2.07. The lowest BCUT2D eigenvalue weighted by Crippen LogP contribution is -2.03. The summed E-state index contributed by atoms with van der Waals surface area (Å²) in [7, 11) is 0. The quantitative estimate of drug-likeness (QED) is 0.888. The van der Waals surface area contributed by atoms with Gasteiger partial charge in [-0.1, -0.05) is 6.07 Å². The first-order valence-electron chi connectivity index (χ1n) is 6.39. The van der Waals surface area contributed by atoms with Gasteiger partial charge in [0.05, 0.1) is 23.7 Å². The molecule has 5 heteroatoms. The second kappa shape index (κ2) is 6.52. The van der Waals surface area contributed by atoms with E-state index in [1.54, 1.807) is 5.38 Å². The number of thiazole rings is 1. The number of aryl methyl sites for hydroxylation is 2. The van der Waals surface area contributed by atoms with Crippen molar-refractivity contribution in [2.24, 2.45) is 0 Å². The molecule has 2 rings (SSSR count). The summed E-state index contributed by atoms with van der Waals surface area (Å²) in [5.41, 5.74) is 2.97. The molecule has 0 fully saturated rings. The minimum Gasteiger partial charge on any atom is -0.493 e. The monoisotopic (exact) mass is 291 g/mol. The van der Waals surface area contributed by atoms with Crippen LogP contribution in [0.15, 0.2) is 23.6 Å². The highest BCUT2D eigenvalue weighted by atomic mass is 32.1. The molecule has 0 radical (unpaired) electrons. The number of carbonyl (C=O) groups is 1. The van der Waals surface area contributed by atoms with Crippen LogP contribution in [0.4, 0.5) is 0 Å². The van der Waals surface area contributed by atoms with E-state index < -0.39 is 5.97 Å². The maximum absolute atomic E-state index is 10.6. The number of aliphatic carboxylic acids is 1. The van der Waals surface area contributed by atoms with Gasteiger partial charge in [-0.3, -0.25) is 4.79 Å². The van der Waals surface area contributed by atoms with Crippen LogP contribution in [0.1, 0.15) is 21.8 Å². The highest BCUT2D eigenvalue weighted by Crippen LogP contribution is 2.17. The Morgan fingerprint density at radius 3 is 2.65 bits per heavy atom. The minimum absolute atomic E-state index is 0.0194. The third-order valence-corrected chi connectivity index (χ3v) is 3.67. The first kappa shape index (κ1) is 14.5. The Kier molecular flexibility index (Phi) is 4.74. The van der Waals surface area contributed by atoms with Gasteiger partial charge < -0.3 is 9.84 Å². The van der Waals surface area contributed by atoms with Gasteiger partial charge >= 0.3 is 5.97 Å². The standard InChI is InChI=1S/C15H17NO3S/c1-10-5-11(2)7-13(6-10)19-4-3-14-16-12(9-20-14)8-15(17)18/h5-7,9H,3-4,8H2,1-2H3,(H,17,18). The fourth-order valence-electron chi connectivity index (χ4n) is 1.97. The Labute approximate surface area is 122 Å². The van der Waals surface area contributed by atoms with Crippen molar-refractivity contribution in [1.82, 2.24) is 4.98 Å². The van der Waals surface area contributed by atoms with E-state index in [4.69, 9.17) is 9.84 Å². The van der Waals surface area contributed by atoms with Gasteiger partial charge in [0.2, 0.25) is 0 Å². The van der Waals surface area contributed by atoms with Crippen molar-refractivity contribution in [1.29, 1.82) is 0 Å². The van der Waals surface area contributed by atoms with Crippen molar-refractivity contribution in [2.75, 3.05) is 6.61 Å². The summed E-state index contributed by atoms with van der Waals surface area (Å²) in [4.78, 5) is 14.9. The molecule has 20 heavy (non-hydrogen) atoms. The van der Waals surface area contributed by atoms with E-state index in [0.29, 0.717) is 18.7 Å². The molecule has 0 bridgehead atoms. The third-order valence-electron chi connectivity index (χ3n) is 2.71. The third kappa shape index (κ3) is 4.35. The molecule has 1 aromatic heterocycles. The van der Waals surface area contributed by atoms with Gasteiger partial charge in [-0.05, 0) is 37.1 Å². The van der Waals surface area contributed by atoms with E-state index in [9.17, 15) is 4.79 Å². The van der Waals surface area contributed by atoms with Crippen molar-refractivity contribution in [3.05, 3.63) is 45.4 Å². The zero-order valence-electron chi connectivity index (χ0n) is 11.5. The van der Waals surface area contributed by atoms with Crippen LogP contribution in [0.3, 0.4) is 0 Å². The zero-order chi connectivity index (χ0) is 14.5. The van der Waals surface area contributed by atoms with Crippen molar-refractivity contribution in [3.63, 3.8) is 0 Å². The maximum Gasteiger partial charge on any atom is 0.309 e. The second-order valence-corrected chi connectivity index (χ2v) is 5.67. The van der Waals surface area contributed by atoms with E-state index in [0.717, 1.165) is 10.8 Å². The first-order valence-corrected chi connectivity index (χ1v) is 7.27. The minimum atomic E-state index is -0.853. The van der Waals surface area contributed by atoms with E-state index in [1.165, 1.54) is 22.5 Å². The van der Waals surface area contributed by atoms with Gasteiger partial charge in [0.1, 0.15) is 5.75 Å². The molecule has 0 saturated heterocycles. The molecular formula is C15H17NO3S. The van der Waals surface area contributed by atoms with Crippen LogP contribution in [0.25, 0.3) is 0 Å². The predicted molar refractivity (Wildman–Crippen MR) is 78.6 cm³/mol. The number of carboxylic acids is 1. The molecule has 0 amide bonds. The molecule has 0 aliphatic carbocycles. The highest BCUT2D eigenvalue weighted by Gasteiger charge is 2.06. The number of benzene rings is 1. The van der Waals surface area contributed by atoms with Gasteiger partial charge in [-0.2, -0.15) is 0 Å². The molecule has 0 aliphatic heterocycles. The van der Waals surface area contributed by atoms with Crippen LogP contribution in [-0.2, 0) is 17.6 Å². The Morgan fingerprint density at radius 1 is 1.30 bits per heavy atom. The van der Waals surface area contributed by atoms with Gasteiger partial charge in [0.15, 0.2) is 0 Å². The largest absolute Gasteiger partial charge is 0.493 e. The molecule has 0 aliphatic rings. The number of nitrogens with zero attached hydrogens (tertiary/aromatic N) is 1. The molecule has 2 aromatic rings. The summed E-state index contributed by atoms with van der Waals surface area (Å²) in [6.45, 7) is 4.63. The number of carboxylic acid groups (broad SMARTS) is 1. The number of rotatable bonds is 6. The molecule has 0 unspecified atom stereocenters. The van der Waals surface area contributed by atoms with Crippen LogP contribution in [0.5, 0.6) is 5.75 Å². The van der Waals surface area contributed by atoms with Gasteiger partial charge in [-0.15, -0.1) is 11.3 Å². The van der Waals surface area contributed by atoms with E-state index >= 15 is 0 Å². The van der Waals surface area contributed by atoms with Crippen molar-refractivity contribution in [3.8, 4) is 5.75 Å². The average molecular weight is 291 g/mol. The lowest BCUT2D eigenvalue weighted by atomic mass is 10.1. The molecule has 1 N–H and O–H groups in total. The Bertz CT molecular complexity index is 587. The lowest BCUT2D eigenvalue weighted by molar-refractivity contribution is -0.136. The molecule has 0 spiro atoms. The molecular weight excluding hydrogens is 274 g/mol. The fourth-order valence-corrected chi connectivity index (χ4v) is 2.75. The summed E-state index contributed by atoms with van der Waals surface area (Å²) < 4.78 is 5.71. The molecule has 106 valence electrons. The SMILES string of the molecule is Cc1cc(C)cc(OCCc2nc(CC(=O)O)cs2)c1. The maximum atomic E-state index is 10.6. The normalized spacial score (nSPS) is 10.5. The van der Waals surface area contributed by atoms with Gasteiger partial charge in [0, 0.05) is 11.8 Å². The smallest absolute Gasteiger partial charge is 0.309 e. The first-order chi connectivity index (χ1) is 9.52. The van der Waals surface area contributed by atoms with Crippen LogP contribution >= 0.6 is 11.3 Å². The van der Waals surface area contributed by atoms with Crippen LogP contribution < -0.4 is 4.74 Å². The summed E-state index contributed by atoms with van der Waals surface area (Å²) in [5.74, 6) is 0.0122. The number of hydrogen-bond donors (Lipinski definition) is 1. The van der Waals surface area contributed by atoms with E-state index in [1.807, 2.05) is 26.0 Å². The summed E-state index contributed by atoms with van der Waals surface area (Å²) in [6, 6.07) is 6.11. The second-order valence-electron chi connectivity index (χ2n) is 4.72. The van der Waals surface area contributed by atoms with Crippen molar-refractivity contribution >= 4 is 17.3 Å². The summed E-state index contributed by atoms with van der Waals surface area (Å²) in [6.07, 6.45) is 0.672. The topological polar surface area (TPSA) is 59.4 Å². The predicted octanol–water partition coefficient (Wildman–Crippen LogP) is 3.01. The zero-order valence-corrected chi connectivity index (χ0v) is 12.4.